The first-order valence-corrected chi connectivity index (χ1v) is 6.57. The summed E-state index contributed by atoms with van der Waals surface area (Å²) in [5, 5.41) is 20.0. The number of hydrogen-bond donors (Lipinski definition) is 1. The number of carboxylic acids is 1. The molecular weight excluding hydrogens is 283 g/mol. The Kier molecular flexibility index (Phi) is 3.25. The van der Waals surface area contributed by atoms with Crippen LogP contribution in [0.5, 0.6) is 0 Å². The Morgan fingerprint density at radius 3 is 2.52 bits per heavy atom. The topological polar surface area (TPSA) is 92.9 Å². The lowest BCUT2D eigenvalue weighted by Gasteiger charge is -2.33. The van der Waals surface area contributed by atoms with Crippen LogP contribution in [0.3, 0.4) is 0 Å². The van der Waals surface area contributed by atoms with E-state index in [9.17, 15) is 19.3 Å². The zero-order valence-electron chi connectivity index (χ0n) is 11.0. The molecule has 0 saturated carbocycles. The van der Waals surface area contributed by atoms with Crippen molar-refractivity contribution in [1.29, 1.82) is 0 Å². The fraction of sp³-hybridized carbons (Fsp3) is 0.462. The molecule has 2 aliphatic heterocycles. The van der Waals surface area contributed by atoms with Gasteiger partial charge in [-0.1, -0.05) is 0 Å². The molecule has 0 aromatic heterocycles. The third-order valence-corrected chi connectivity index (χ3v) is 3.88. The van der Waals surface area contributed by atoms with Crippen LogP contribution < -0.4 is 4.90 Å². The van der Waals surface area contributed by atoms with Crippen molar-refractivity contribution in [3.63, 3.8) is 0 Å². The van der Waals surface area contributed by atoms with Crippen molar-refractivity contribution in [3.8, 4) is 0 Å². The van der Waals surface area contributed by atoms with Crippen molar-refractivity contribution in [3.05, 3.63) is 33.6 Å². The lowest BCUT2D eigenvalue weighted by atomic mass is 10.1. The van der Waals surface area contributed by atoms with Crippen LogP contribution >= 0.6 is 0 Å². The van der Waals surface area contributed by atoms with E-state index in [-0.39, 0.29) is 17.9 Å². The fourth-order valence-electron chi connectivity index (χ4n) is 2.93. The van der Waals surface area contributed by atoms with E-state index >= 15 is 0 Å². The van der Waals surface area contributed by atoms with E-state index in [0.717, 1.165) is 25.0 Å². The Hall–Kier alpha value is -2.22. The summed E-state index contributed by atoms with van der Waals surface area (Å²) in [6, 6.07) is 1.72. The Bertz CT molecular complexity index is 609. The minimum absolute atomic E-state index is 0.00874. The molecule has 2 unspecified atom stereocenters. The first-order valence-electron chi connectivity index (χ1n) is 6.57. The Labute approximate surface area is 119 Å². The second kappa shape index (κ2) is 4.96. The van der Waals surface area contributed by atoms with Crippen LogP contribution in [0.15, 0.2) is 12.1 Å². The van der Waals surface area contributed by atoms with Gasteiger partial charge in [0.2, 0.25) is 0 Å². The second-order valence-electron chi connectivity index (χ2n) is 5.25. The molecule has 2 bridgehead atoms. The molecule has 2 fully saturated rings. The van der Waals surface area contributed by atoms with E-state index < -0.39 is 28.0 Å². The predicted molar refractivity (Wildman–Crippen MR) is 70.1 cm³/mol. The van der Waals surface area contributed by atoms with Gasteiger partial charge in [0.15, 0.2) is 0 Å². The average molecular weight is 296 g/mol. The quantitative estimate of drug-likeness (QED) is 0.675. The molecule has 0 radical (unpaired) electrons. The summed E-state index contributed by atoms with van der Waals surface area (Å²) in [6.45, 7) is 0.895. The van der Waals surface area contributed by atoms with Crippen molar-refractivity contribution in [2.45, 2.75) is 25.0 Å². The number of carboxylic acid groups (broad SMARTS) is 1. The van der Waals surface area contributed by atoms with Crippen LogP contribution in [-0.4, -0.2) is 41.3 Å². The molecule has 1 aromatic carbocycles. The molecule has 3 rings (SSSR count). The Morgan fingerprint density at radius 2 is 2.00 bits per heavy atom. The fourth-order valence-corrected chi connectivity index (χ4v) is 2.93. The first kappa shape index (κ1) is 13.7. The summed E-state index contributed by atoms with van der Waals surface area (Å²) in [6.07, 6.45) is 1.74. The molecule has 1 N–H and O–H groups in total. The lowest BCUT2D eigenvalue weighted by molar-refractivity contribution is -0.384. The molecule has 0 aliphatic carbocycles. The van der Waals surface area contributed by atoms with Crippen LogP contribution in [0.2, 0.25) is 0 Å². The number of rotatable bonds is 3. The summed E-state index contributed by atoms with van der Waals surface area (Å²) in [5.74, 6) is -2.49. The zero-order chi connectivity index (χ0) is 15.1. The van der Waals surface area contributed by atoms with Crippen LogP contribution in [0.4, 0.5) is 15.8 Å². The highest BCUT2D eigenvalue weighted by Gasteiger charge is 2.36. The highest BCUT2D eigenvalue weighted by atomic mass is 19.1. The molecule has 2 heterocycles. The third kappa shape index (κ3) is 2.42. The molecule has 0 spiro atoms. The van der Waals surface area contributed by atoms with E-state index in [4.69, 9.17) is 9.84 Å². The number of hydrogen-bond acceptors (Lipinski definition) is 5. The van der Waals surface area contributed by atoms with E-state index in [1.807, 2.05) is 0 Å². The van der Waals surface area contributed by atoms with Gasteiger partial charge in [0, 0.05) is 25.2 Å². The van der Waals surface area contributed by atoms with E-state index in [1.165, 1.54) is 0 Å². The van der Waals surface area contributed by atoms with Gasteiger partial charge in [-0.15, -0.1) is 0 Å². The van der Waals surface area contributed by atoms with Gasteiger partial charge in [-0.25, -0.2) is 9.18 Å². The van der Waals surface area contributed by atoms with Crippen molar-refractivity contribution in [2.24, 2.45) is 0 Å². The van der Waals surface area contributed by atoms with Crippen molar-refractivity contribution >= 4 is 17.3 Å². The van der Waals surface area contributed by atoms with Gasteiger partial charge >= 0.3 is 5.97 Å². The maximum absolute atomic E-state index is 13.8. The number of carbonyl (C=O) groups is 1. The Morgan fingerprint density at radius 1 is 1.38 bits per heavy atom. The van der Waals surface area contributed by atoms with Gasteiger partial charge < -0.3 is 14.7 Å². The summed E-state index contributed by atoms with van der Waals surface area (Å²) in [4.78, 5) is 23.1. The molecule has 7 nitrogen and oxygen atoms in total. The normalized spacial score (nSPS) is 24.1. The number of aromatic carboxylic acids is 1. The predicted octanol–water partition coefficient (Wildman–Crippen LogP) is 1.80. The maximum Gasteiger partial charge on any atom is 0.338 e. The summed E-state index contributed by atoms with van der Waals surface area (Å²) in [5.41, 5.74) is -0.973. The number of halogens is 1. The standard InChI is InChI=1S/C13H13FN2O5/c14-10-4-11(12(16(19)20)3-9(10)13(17)18)15-5-7-1-2-8(6-15)21-7/h3-4,7-8H,1-2,5-6H2,(H,17,18). The number of fused-ring (bicyclic) bond motifs is 2. The summed E-state index contributed by atoms with van der Waals surface area (Å²) in [7, 11) is 0. The maximum atomic E-state index is 13.8. The largest absolute Gasteiger partial charge is 0.478 e. The smallest absolute Gasteiger partial charge is 0.338 e. The lowest BCUT2D eigenvalue weighted by Crippen LogP contribution is -2.43. The minimum atomic E-state index is -1.52. The van der Waals surface area contributed by atoms with Gasteiger partial charge in [0.25, 0.3) is 5.69 Å². The number of nitro benzene ring substituents is 1. The molecule has 8 heteroatoms. The number of anilines is 1. The number of morpholine rings is 1. The number of nitrogens with zero attached hydrogens (tertiary/aromatic N) is 2. The van der Waals surface area contributed by atoms with Gasteiger partial charge in [0.1, 0.15) is 17.1 Å². The highest BCUT2D eigenvalue weighted by Crippen LogP contribution is 2.36. The first-order chi connectivity index (χ1) is 9.95. The number of nitro groups is 1. The zero-order valence-corrected chi connectivity index (χ0v) is 11.0. The molecule has 112 valence electrons. The van der Waals surface area contributed by atoms with Crippen molar-refractivity contribution in [2.75, 3.05) is 18.0 Å². The van der Waals surface area contributed by atoms with E-state index in [2.05, 4.69) is 0 Å². The average Bonchev–Trinajstić information content (AvgIpc) is 2.76. The monoisotopic (exact) mass is 296 g/mol. The van der Waals surface area contributed by atoms with Gasteiger partial charge in [-0.3, -0.25) is 10.1 Å². The van der Waals surface area contributed by atoms with Crippen LogP contribution in [0.25, 0.3) is 0 Å². The molecule has 1 aromatic rings. The highest BCUT2D eigenvalue weighted by molar-refractivity contribution is 5.90. The SMILES string of the molecule is O=C(O)c1cc([N+](=O)[O-])c(N2CC3CCC(C2)O3)cc1F. The van der Waals surface area contributed by atoms with Gasteiger partial charge in [-0.2, -0.15) is 0 Å². The summed E-state index contributed by atoms with van der Waals surface area (Å²) >= 11 is 0. The van der Waals surface area contributed by atoms with Gasteiger partial charge in [0.05, 0.1) is 17.1 Å². The van der Waals surface area contributed by atoms with E-state index in [1.54, 1.807) is 4.90 Å². The van der Waals surface area contributed by atoms with E-state index in [0.29, 0.717) is 13.1 Å². The van der Waals surface area contributed by atoms with Crippen LogP contribution in [-0.2, 0) is 4.74 Å². The molecule has 2 saturated heterocycles. The number of benzene rings is 1. The molecule has 2 aliphatic rings. The van der Waals surface area contributed by atoms with Crippen LogP contribution in [0, 0.1) is 15.9 Å². The Balaban J connectivity index is 2.03. The minimum Gasteiger partial charge on any atom is -0.478 e. The second-order valence-corrected chi connectivity index (χ2v) is 5.25. The molecular formula is C13H13FN2O5. The molecule has 21 heavy (non-hydrogen) atoms. The molecule has 2 atom stereocenters. The van der Waals surface area contributed by atoms with Crippen LogP contribution in [0.1, 0.15) is 23.2 Å². The van der Waals surface area contributed by atoms with Crippen molar-refractivity contribution < 1.29 is 24.0 Å². The van der Waals surface area contributed by atoms with Crippen molar-refractivity contribution in [1.82, 2.24) is 0 Å². The van der Waals surface area contributed by atoms with Gasteiger partial charge in [-0.05, 0) is 12.8 Å². The summed E-state index contributed by atoms with van der Waals surface area (Å²) < 4.78 is 19.5. The number of ether oxygens (including phenoxy) is 1. The third-order valence-electron chi connectivity index (χ3n) is 3.88. The molecule has 0 amide bonds.